The Morgan fingerprint density at radius 1 is 1.29 bits per heavy atom. The first-order chi connectivity index (χ1) is 11.2. The van der Waals surface area contributed by atoms with Crippen LogP contribution in [-0.2, 0) is 7.05 Å². The quantitative estimate of drug-likeness (QED) is 0.915. The summed E-state index contributed by atoms with van der Waals surface area (Å²) < 4.78 is 28.3. The highest BCUT2D eigenvalue weighted by atomic mass is 19.3. The number of fused-ring (bicyclic) bond motifs is 1. The maximum absolute atomic E-state index is 13.4. The van der Waals surface area contributed by atoms with Crippen molar-refractivity contribution in [3.8, 4) is 0 Å². The third kappa shape index (κ3) is 2.88. The van der Waals surface area contributed by atoms with Gasteiger partial charge in [0.1, 0.15) is 0 Å². The number of nitrogens with zero attached hydrogens (tertiary/aromatic N) is 3. The van der Waals surface area contributed by atoms with Crippen LogP contribution in [0.25, 0.3) is 10.9 Å². The van der Waals surface area contributed by atoms with E-state index in [0.29, 0.717) is 16.9 Å². The van der Waals surface area contributed by atoms with E-state index in [1.807, 2.05) is 19.9 Å². The van der Waals surface area contributed by atoms with Crippen LogP contribution in [0, 0.1) is 6.92 Å². The minimum Gasteiger partial charge on any atom is -0.342 e. The number of halogens is 2. The first kappa shape index (κ1) is 16.8. The van der Waals surface area contributed by atoms with E-state index < -0.39 is 5.92 Å². The molecule has 130 valence electrons. The molecule has 1 aromatic carbocycles. The van der Waals surface area contributed by atoms with Crippen LogP contribution in [0.5, 0.6) is 0 Å². The highest BCUT2D eigenvalue weighted by Crippen LogP contribution is 2.30. The maximum Gasteiger partial charge on any atom is 0.262 e. The standard InChI is InChI=1S/C17H22F2N4O/c1-10-8-12(11(2)20)14-13(9-10)15(24)22(3)16(21-14)23-6-4-17(18,19)5-7-23/h8-9,11H,4-7,20H2,1-3H3/t11-/m1/s1. The molecule has 7 heteroatoms. The number of aromatic nitrogens is 2. The largest absolute Gasteiger partial charge is 0.342 e. The molecule has 5 nitrogen and oxygen atoms in total. The molecule has 1 atom stereocenters. The van der Waals surface area contributed by atoms with Crippen molar-refractivity contribution in [1.82, 2.24) is 9.55 Å². The normalized spacial score (nSPS) is 18.8. The Hall–Kier alpha value is -2.02. The number of benzene rings is 1. The van der Waals surface area contributed by atoms with E-state index in [1.165, 1.54) is 4.57 Å². The average molecular weight is 336 g/mol. The Balaban J connectivity index is 2.17. The van der Waals surface area contributed by atoms with Gasteiger partial charge >= 0.3 is 0 Å². The summed E-state index contributed by atoms with van der Waals surface area (Å²) in [6, 6.07) is 3.45. The molecule has 0 bridgehead atoms. The molecule has 0 aliphatic carbocycles. The summed E-state index contributed by atoms with van der Waals surface area (Å²) in [4.78, 5) is 19.1. The zero-order valence-corrected chi connectivity index (χ0v) is 14.1. The molecule has 0 amide bonds. The molecule has 1 saturated heterocycles. The van der Waals surface area contributed by atoms with Crippen molar-refractivity contribution in [3.05, 3.63) is 33.6 Å². The predicted octanol–water partition coefficient (Wildman–Crippen LogP) is 2.50. The summed E-state index contributed by atoms with van der Waals surface area (Å²) in [6.07, 6.45) is -0.454. The fraction of sp³-hybridized carbons (Fsp3) is 0.529. The molecule has 1 aromatic heterocycles. The van der Waals surface area contributed by atoms with E-state index in [0.717, 1.165) is 11.1 Å². The Morgan fingerprint density at radius 3 is 2.50 bits per heavy atom. The molecule has 3 rings (SSSR count). The minimum absolute atomic E-state index is 0.179. The zero-order chi connectivity index (χ0) is 17.6. The second kappa shape index (κ2) is 5.81. The summed E-state index contributed by atoms with van der Waals surface area (Å²) in [6.45, 7) is 4.11. The van der Waals surface area contributed by atoms with Crippen LogP contribution >= 0.6 is 0 Å². The lowest BCUT2D eigenvalue weighted by Crippen LogP contribution is -2.42. The van der Waals surface area contributed by atoms with Crippen molar-refractivity contribution in [2.45, 2.75) is 38.7 Å². The van der Waals surface area contributed by atoms with Gasteiger partial charge in [-0.15, -0.1) is 0 Å². The number of nitrogens with two attached hydrogens (primary N) is 1. The summed E-state index contributed by atoms with van der Waals surface area (Å²) in [7, 11) is 1.63. The number of hydrogen-bond donors (Lipinski definition) is 1. The van der Waals surface area contributed by atoms with Gasteiger partial charge in [0.15, 0.2) is 0 Å². The number of piperidine rings is 1. The van der Waals surface area contributed by atoms with Gasteiger partial charge in [0.25, 0.3) is 11.5 Å². The fourth-order valence-electron chi connectivity index (χ4n) is 3.20. The van der Waals surface area contributed by atoms with Crippen LogP contribution < -0.4 is 16.2 Å². The van der Waals surface area contributed by atoms with Crippen LogP contribution in [0.4, 0.5) is 14.7 Å². The number of aryl methyl sites for hydroxylation is 1. The van der Waals surface area contributed by atoms with Crippen LogP contribution in [0.15, 0.2) is 16.9 Å². The SMILES string of the molecule is Cc1cc([C@@H](C)N)c2nc(N3CCC(F)(F)CC3)n(C)c(=O)c2c1. The second-order valence-corrected chi connectivity index (χ2v) is 6.66. The highest BCUT2D eigenvalue weighted by Gasteiger charge is 2.35. The smallest absolute Gasteiger partial charge is 0.262 e. The third-order valence-electron chi connectivity index (χ3n) is 4.60. The maximum atomic E-state index is 13.4. The topological polar surface area (TPSA) is 64.2 Å². The van der Waals surface area contributed by atoms with Crippen molar-refractivity contribution in [3.63, 3.8) is 0 Å². The highest BCUT2D eigenvalue weighted by molar-refractivity contribution is 5.83. The molecule has 2 N–H and O–H groups in total. The van der Waals surface area contributed by atoms with Crippen molar-refractivity contribution in [1.29, 1.82) is 0 Å². The van der Waals surface area contributed by atoms with Crippen LogP contribution in [0.3, 0.4) is 0 Å². The molecule has 2 heterocycles. The van der Waals surface area contributed by atoms with E-state index >= 15 is 0 Å². The number of anilines is 1. The molecule has 1 aliphatic rings. The van der Waals surface area contributed by atoms with Gasteiger partial charge in [0.2, 0.25) is 5.95 Å². The van der Waals surface area contributed by atoms with E-state index in [9.17, 15) is 13.6 Å². The molecule has 0 saturated carbocycles. The summed E-state index contributed by atoms with van der Waals surface area (Å²) in [5.41, 5.74) is 8.16. The van der Waals surface area contributed by atoms with Crippen molar-refractivity contribution < 1.29 is 8.78 Å². The van der Waals surface area contributed by atoms with Gasteiger partial charge in [0.05, 0.1) is 10.9 Å². The van der Waals surface area contributed by atoms with Gasteiger partial charge < -0.3 is 10.6 Å². The monoisotopic (exact) mass is 336 g/mol. The third-order valence-corrected chi connectivity index (χ3v) is 4.60. The summed E-state index contributed by atoms with van der Waals surface area (Å²) >= 11 is 0. The Kier molecular flexibility index (Phi) is 4.07. The first-order valence-electron chi connectivity index (χ1n) is 8.09. The van der Waals surface area contributed by atoms with Crippen molar-refractivity contribution in [2.24, 2.45) is 12.8 Å². The van der Waals surface area contributed by atoms with Gasteiger partial charge in [0, 0.05) is 39.0 Å². The molecule has 1 aliphatic heterocycles. The second-order valence-electron chi connectivity index (χ2n) is 6.66. The van der Waals surface area contributed by atoms with E-state index in [4.69, 9.17) is 5.73 Å². The lowest BCUT2D eigenvalue weighted by molar-refractivity contribution is -0.0223. The van der Waals surface area contributed by atoms with Gasteiger partial charge in [-0.05, 0) is 31.0 Å². The van der Waals surface area contributed by atoms with Gasteiger partial charge in [-0.2, -0.15) is 0 Å². The average Bonchev–Trinajstić information content (AvgIpc) is 2.51. The van der Waals surface area contributed by atoms with Crippen LogP contribution in [0.1, 0.15) is 36.9 Å². The number of alkyl halides is 2. The molecule has 0 radical (unpaired) electrons. The van der Waals surface area contributed by atoms with Gasteiger partial charge in [-0.3, -0.25) is 9.36 Å². The molecule has 0 spiro atoms. The lowest BCUT2D eigenvalue weighted by atomic mass is 10.0. The van der Waals surface area contributed by atoms with Crippen LogP contribution in [-0.4, -0.2) is 28.6 Å². The lowest BCUT2D eigenvalue weighted by Gasteiger charge is -2.33. The fourth-order valence-corrected chi connectivity index (χ4v) is 3.20. The molecule has 0 unspecified atom stereocenters. The Morgan fingerprint density at radius 2 is 1.92 bits per heavy atom. The van der Waals surface area contributed by atoms with Crippen molar-refractivity contribution >= 4 is 16.9 Å². The molecule has 1 fully saturated rings. The molecule has 24 heavy (non-hydrogen) atoms. The van der Waals surface area contributed by atoms with E-state index in [2.05, 4.69) is 4.98 Å². The molecular weight excluding hydrogens is 314 g/mol. The molecule has 2 aromatic rings. The zero-order valence-electron chi connectivity index (χ0n) is 14.1. The summed E-state index contributed by atoms with van der Waals surface area (Å²) in [5, 5.41) is 0.510. The van der Waals surface area contributed by atoms with Gasteiger partial charge in [-0.1, -0.05) is 6.07 Å². The number of rotatable bonds is 2. The van der Waals surface area contributed by atoms with Crippen LogP contribution in [0.2, 0.25) is 0 Å². The number of hydrogen-bond acceptors (Lipinski definition) is 4. The minimum atomic E-state index is -2.64. The molecular formula is C17H22F2N4O. The first-order valence-corrected chi connectivity index (χ1v) is 8.09. The predicted molar refractivity (Wildman–Crippen MR) is 90.7 cm³/mol. The Bertz CT molecular complexity index is 835. The van der Waals surface area contributed by atoms with E-state index in [1.54, 1.807) is 18.0 Å². The van der Waals surface area contributed by atoms with E-state index in [-0.39, 0.29) is 37.5 Å². The van der Waals surface area contributed by atoms with Crippen molar-refractivity contribution in [2.75, 3.05) is 18.0 Å². The summed E-state index contributed by atoms with van der Waals surface area (Å²) in [5.74, 6) is -2.21. The van der Waals surface area contributed by atoms with Gasteiger partial charge in [-0.25, -0.2) is 13.8 Å². The Labute approximate surface area is 139 Å².